The van der Waals surface area contributed by atoms with Gasteiger partial charge in [-0.1, -0.05) is 30.7 Å². The van der Waals surface area contributed by atoms with Crippen LogP contribution in [0.1, 0.15) is 30.6 Å². The second-order valence-corrected chi connectivity index (χ2v) is 4.57. The van der Waals surface area contributed by atoms with Gasteiger partial charge in [-0.2, -0.15) is 0 Å². The molecule has 1 aromatic carbocycles. The Bertz CT molecular complexity index is 554. The minimum Gasteiger partial charge on any atom is -0.481 e. The van der Waals surface area contributed by atoms with Crippen molar-refractivity contribution >= 4 is 5.97 Å². The van der Waals surface area contributed by atoms with E-state index in [9.17, 15) is 4.79 Å². The first-order chi connectivity index (χ1) is 8.56. The van der Waals surface area contributed by atoms with Crippen LogP contribution in [0.15, 0.2) is 40.8 Å². The third-order valence-electron chi connectivity index (χ3n) is 2.90. The first kappa shape index (κ1) is 12.4. The first-order valence-electron chi connectivity index (χ1n) is 5.95. The molecule has 1 atom stereocenters. The van der Waals surface area contributed by atoms with Gasteiger partial charge in [0.2, 0.25) is 0 Å². The van der Waals surface area contributed by atoms with Crippen molar-refractivity contribution in [3.8, 4) is 11.3 Å². The highest BCUT2D eigenvalue weighted by atomic mass is 16.4. The average molecular weight is 244 g/mol. The molecule has 0 amide bonds. The van der Waals surface area contributed by atoms with E-state index < -0.39 is 5.97 Å². The summed E-state index contributed by atoms with van der Waals surface area (Å²) in [7, 11) is 0. The van der Waals surface area contributed by atoms with Gasteiger partial charge in [-0.25, -0.2) is 0 Å². The highest BCUT2D eigenvalue weighted by Gasteiger charge is 2.14. The molecule has 18 heavy (non-hydrogen) atoms. The molecular weight excluding hydrogens is 228 g/mol. The molecule has 0 spiro atoms. The first-order valence-corrected chi connectivity index (χ1v) is 5.95. The number of furan rings is 1. The lowest BCUT2D eigenvalue weighted by atomic mass is 10.1. The Morgan fingerprint density at radius 3 is 2.78 bits per heavy atom. The zero-order chi connectivity index (χ0) is 13.1. The lowest BCUT2D eigenvalue weighted by molar-refractivity contribution is -0.137. The summed E-state index contributed by atoms with van der Waals surface area (Å²) in [6.07, 6.45) is 0.0841. The summed E-state index contributed by atoms with van der Waals surface area (Å²) in [5.41, 5.74) is 2.19. The topological polar surface area (TPSA) is 50.4 Å². The summed E-state index contributed by atoms with van der Waals surface area (Å²) in [4.78, 5) is 10.7. The highest BCUT2D eigenvalue weighted by molar-refractivity contribution is 5.68. The molecule has 2 aromatic rings. The van der Waals surface area contributed by atoms with Gasteiger partial charge in [0, 0.05) is 11.5 Å². The van der Waals surface area contributed by atoms with Crippen LogP contribution in [0.25, 0.3) is 11.3 Å². The maximum absolute atomic E-state index is 10.7. The van der Waals surface area contributed by atoms with Crippen LogP contribution in [-0.4, -0.2) is 11.1 Å². The van der Waals surface area contributed by atoms with Crippen molar-refractivity contribution in [2.24, 2.45) is 0 Å². The number of carbonyl (C=O) groups is 1. The smallest absolute Gasteiger partial charge is 0.304 e. The zero-order valence-electron chi connectivity index (χ0n) is 10.5. The number of aryl methyl sites for hydroxylation is 1. The van der Waals surface area contributed by atoms with Crippen LogP contribution >= 0.6 is 0 Å². The summed E-state index contributed by atoms with van der Waals surface area (Å²) in [6.45, 7) is 3.88. The second-order valence-electron chi connectivity index (χ2n) is 4.57. The van der Waals surface area contributed by atoms with Crippen molar-refractivity contribution in [2.45, 2.75) is 26.2 Å². The van der Waals surface area contributed by atoms with Gasteiger partial charge in [0.05, 0.1) is 6.42 Å². The van der Waals surface area contributed by atoms with Gasteiger partial charge in [-0.3, -0.25) is 4.79 Å². The van der Waals surface area contributed by atoms with Crippen molar-refractivity contribution < 1.29 is 14.3 Å². The van der Waals surface area contributed by atoms with Crippen LogP contribution in [-0.2, 0) is 4.79 Å². The Kier molecular flexibility index (Phi) is 3.51. The van der Waals surface area contributed by atoms with Gasteiger partial charge in [-0.15, -0.1) is 0 Å². The van der Waals surface area contributed by atoms with Crippen molar-refractivity contribution in [3.63, 3.8) is 0 Å². The summed E-state index contributed by atoms with van der Waals surface area (Å²) >= 11 is 0. The minimum absolute atomic E-state index is 0.0841. The Labute approximate surface area is 106 Å². The van der Waals surface area contributed by atoms with Crippen LogP contribution in [0.5, 0.6) is 0 Å². The molecule has 0 aliphatic carbocycles. The Balaban J connectivity index is 2.22. The van der Waals surface area contributed by atoms with Crippen molar-refractivity contribution in [1.82, 2.24) is 0 Å². The number of rotatable bonds is 4. The number of carboxylic acid groups (broad SMARTS) is 1. The molecule has 0 saturated heterocycles. The van der Waals surface area contributed by atoms with Gasteiger partial charge >= 0.3 is 5.97 Å². The Morgan fingerprint density at radius 1 is 1.33 bits per heavy atom. The number of hydrogen-bond donors (Lipinski definition) is 1. The van der Waals surface area contributed by atoms with E-state index in [4.69, 9.17) is 9.52 Å². The normalized spacial score (nSPS) is 12.3. The monoisotopic (exact) mass is 244 g/mol. The maximum Gasteiger partial charge on any atom is 0.304 e. The van der Waals surface area contributed by atoms with Crippen molar-refractivity contribution in [1.29, 1.82) is 0 Å². The predicted molar refractivity (Wildman–Crippen MR) is 69.5 cm³/mol. The van der Waals surface area contributed by atoms with Gasteiger partial charge in [0.15, 0.2) is 0 Å². The van der Waals surface area contributed by atoms with E-state index in [0.29, 0.717) is 5.76 Å². The molecule has 0 saturated carbocycles. The molecule has 94 valence electrons. The second kappa shape index (κ2) is 5.08. The molecule has 1 aromatic heterocycles. The van der Waals surface area contributed by atoms with Crippen LogP contribution in [0, 0.1) is 6.92 Å². The SMILES string of the molecule is Cc1cccc(-c2ccc(C(C)CC(=O)O)o2)c1. The summed E-state index contributed by atoms with van der Waals surface area (Å²) < 4.78 is 5.72. The fraction of sp³-hybridized carbons (Fsp3) is 0.267. The van der Waals surface area contributed by atoms with E-state index in [-0.39, 0.29) is 12.3 Å². The lowest BCUT2D eigenvalue weighted by Gasteiger charge is -2.04. The van der Waals surface area contributed by atoms with Crippen LogP contribution in [0.2, 0.25) is 0 Å². The third kappa shape index (κ3) is 2.80. The summed E-state index contributed by atoms with van der Waals surface area (Å²) in [5.74, 6) is 0.580. The fourth-order valence-electron chi connectivity index (χ4n) is 1.93. The lowest BCUT2D eigenvalue weighted by Crippen LogP contribution is -2.01. The molecular formula is C15H16O3. The number of benzene rings is 1. The molecule has 3 heteroatoms. The third-order valence-corrected chi connectivity index (χ3v) is 2.90. The fourth-order valence-corrected chi connectivity index (χ4v) is 1.93. The molecule has 1 unspecified atom stereocenters. The van der Waals surface area contributed by atoms with Gasteiger partial charge in [0.25, 0.3) is 0 Å². The van der Waals surface area contributed by atoms with Crippen molar-refractivity contribution in [2.75, 3.05) is 0 Å². The molecule has 0 aliphatic rings. The molecule has 1 N–H and O–H groups in total. The van der Waals surface area contributed by atoms with E-state index in [1.165, 1.54) is 5.56 Å². The Hall–Kier alpha value is -2.03. The minimum atomic E-state index is -0.809. The molecule has 0 fully saturated rings. The summed E-state index contributed by atoms with van der Waals surface area (Å²) in [6, 6.07) is 11.8. The average Bonchev–Trinajstić information content (AvgIpc) is 2.77. The molecule has 0 bridgehead atoms. The molecule has 1 heterocycles. The molecule has 0 radical (unpaired) electrons. The predicted octanol–water partition coefficient (Wildman–Crippen LogP) is 3.83. The van der Waals surface area contributed by atoms with Crippen molar-refractivity contribution in [3.05, 3.63) is 47.7 Å². The standard InChI is InChI=1S/C15H16O3/c1-10-4-3-5-12(8-10)14-7-6-13(18-14)11(2)9-15(16)17/h3-8,11H,9H2,1-2H3,(H,16,17). The van der Waals surface area contributed by atoms with Gasteiger partial charge < -0.3 is 9.52 Å². The van der Waals surface area contributed by atoms with E-state index in [0.717, 1.165) is 11.3 Å². The molecule has 3 nitrogen and oxygen atoms in total. The maximum atomic E-state index is 10.7. The Morgan fingerprint density at radius 2 is 2.11 bits per heavy atom. The molecule has 0 aliphatic heterocycles. The van der Waals surface area contributed by atoms with E-state index in [1.54, 1.807) is 0 Å². The van der Waals surface area contributed by atoms with E-state index >= 15 is 0 Å². The van der Waals surface area contributed by atoms with Crippen LogP contribution < -0.4 is 0 Å². The van der Waals surface area contributed by atoms with Crippen LogP contribution in [0.4, 0.5) is 0 Å². The number of aliphatic carboxylic acids is 1. The van der Waals surface area contributed by atoms with E-state index in [2.05, 4.69) is 0 Å². The largest absolute Gasteiger partial charge is 0.481 e. The highest BCUT2D eigenvalue weighted by Crippen LogP contribution is 2.28. The van der Waals surface area contributed by atoms with Gasteiger partial charge in [0.1, 0.15) is 11.5 Å². The van der Waals surface area contributed by atoms with E-state index in [1.807, 2.05) is 50.2 Å². The van der Waals surface area contributed by atoms with Gasteiger partial charge in [-0.05, 0) is 25.1 Å². The molecule has 2 rings (SSSR count). The number of hydrogen-bond acceptors (Lipinski definition) is 2. The zero-order valence-corrected chi connectivity index (χ0v) is 10.5. The summed E-state index contributed by atoms with van der Waals surface area (Å²) in [5, 5.41) is 8.76. The quantitative estimate of drug-likeness (QED) is 0.889. The number of carboxylic acids is 1. The van der Waals surface area contributed by atoms with Crippen LogP contribution in [0.3, 0.4) is 0 Å².